The zero-order chi connectivity index (χ0) is 12.5. The molecule has 2 aromatic heterocycles. The van der Waals surface area contributed by atoms with Crippen molar-refractivity contribution in [2.24, 2.45) is 0 Å². The van der Waals surface area contributed by atoms with Crippen LogP contribution in [0.4, 0.5) is 0 Å². The van der Waals surface area contributed by atoms with Gasteiger partial charge in [0.25, 0.3) is 0 Å². The van der Waals surface area contributed by atoms with E-state index < -0.39 is 5.97 Å². The Morgan fingerprint density at radius 2 is 2.39 bits per heavy atom. The topological polar surface area (TPSA) is 65.7 Å². The molecule has 0 saturated carbocycles. The molecule has 0 bridgehead atoms. The Bertz CT molecular complexity index is 587. The molecule has 18 heavy (non-hydrogen) atoms. The van der Waals surface area contributed by atoms with Gasteiger partial charge in [0.2, 0.25) is 0 Å². The highest BCUT2D eigenvalue weighted by atomic mass is 16.5. The smallest absolute Gasteiger partial charge is 0.355 e. The van der Waals surface area contributed by atoms with E-state index in [0.29, 0.717) is 17.2 Å². The van der Waals surface area contributed by atoms with Crippen molar-refractivity contribution in [3.63, 3.8) is 0 Å². The molecule has 1 unspecified atom stereocenters. The molecule has 0 aliphatic carbocycles. The van der Waals surface area contributed by atoms with Gasteiger partial charge < -0.3 is 9.47 Å². The van der Waals surface area contributed by atoms with Gasteiger partial charge in [-0.2, -0.15) is 0 Å². The van der Waals surface area contributed by atoms with Gasteiger partial charge in [0.05, 0.1) is 7.11 Å². The summed E-state index contributed by atoms with van der Waals surface area (Å²) in [4.78, 5) is 11.8. The number of esters is 1. The molecule has 0 aromatic carbocycles. The van der Waals surface area contributed by atoms with Crippen molar-refractivity contribution >= 4 is 11.6 Å². The summed E-state index contributed by atoms with van der Waals surface area (Å²) in [6, 6.07) is 5.26. The fourth-order valence-electron chi connectivity index (χ4n) is 2.22. The molecule has 3 rings (SSSR count). The first-order chi connectivity index (χ1) is 8.81. The second kappa shape index (κ2) is 4.38. The Morgan fingerprint density at radius 1 is 1.50 bits per heavy atom. The van der Waals surface area contributed by atoms with E-state index in [9.17, 15) is 4.79 Å². The van der Waals surface area contributed by atoms with Gasteiger partial charge in [-0.15, -0.1) is 10.2 Å². The number of ether oxygens (including phenoxy) is 2. The van der Waals surface area contributed by atoms with E-state index in [1.807, 2.05) is 0 Å². The normalized spacial score (nSPS) is 19.3. The Morgan fingerprint density at radius 3 is 3.11 bits per heavy atom. The molecule has 1 fully saturated rings. The second-order valence-corrected chi connectivity index (χ2v) is 4.16. The van der Waals surface area contributed by atoms with Gasteiger partial charge in [-0.3, -0.25) is 4.40 Å². The third-order valence-corrected chi connectivity index (χ3v) is 3.07. The highest BCUT2D eigenvalue weighted by Crippen LogP contribution is 2.28. The molecule has 1 aliphatic rings. The fourth-order valence-corrected chi connectivity index (χ4v) is 2.22. The number of carbonyl (C=O) groups is 1. The lowest BCUT2D eigenvalue weighted by atomic mass is 10.2. The van der Waals surface area contributed by atoms with E-state index in [1.54, 1.807) is 22.6 Å². The van der Waals surface area contributed by atoms with Crippen LogP contribution in [0.1, 0.15) is 35.3 Å². The summed E-state index contributed by atoms with van der Waals surface area (Å²) < 4.78 is 12.1. The summed E-state index contributed by atoms with van der Waals surface area (Å²) in [5.41, 5.74) is 1.05. The van der Waals surface area contributed by atoms with E-state index in [1.165, 1.54) is 7.11 Å². The second-order valence-electron chi connectivity index (χ2n) is 4.16. The SMILES string of the molecule is COC(=O)c1cccc2nnc(C3CCCO3)n12. The Kier molecular flexibility index (Phi) is 2.71. The Hall–Kier alpha value is -1.95. The number of hydrogen-bond donors (Lipinski definition) is 0. The summed E-state index contributed by atoms with van der Waals surface area (Å²) >= 11 is 0. The maximum absolute atomic E-state index is 11.8. The Balaban J connectivity index is 2.17. The largest absolute Gasteiger partial charge is 0.464 e. The maximum Gasteiger partial charge on any atom is 0.355 e. The average Bonchev–Trinajstić information content (AvgIpc) is 3.05. The predicted molar refractivity (Wildman–Crippen MR) is 62.3 cm³/mol. The van der Waals surface area contributed by atoms with Gasteiger partial charge in [-0.1, -0.05) is 6.07 Å². The molecule has 3 heterocycles. The summed E-state index contributed by atoms with van der Waals surface area (Å²) in [6.45, 7) is 0.722. The summed E-state index contributed by atoms with van der Waals surface area (Å²) in [5.74, 6) is 0.267. The minimum atomic E-state index is -0.403. The molecule has 0 amide bonds. The number of hydrogen-bond acceptors (Lipinski definition) is 5. The molecule has 0 spiro atoms. The van der Waals surface area contributed by atoms with Crippen LogP contribution in [-0.4, -0.2) is 34.3 Å². The van der Waals surface area contributed by atoms with Gasteiger partial charge in [-0.25, -0.2) is 4.79 Å². The van der Waals surface area contributed by atoms with Crippen LogP contribution >= 0.6 is 0 Å². The van der Waals surface area contributed by atoms with Crippen molar-refractivity contribution in [3.05, 3.63) is 29.7 Å². The molecular formula is C12H13N3O3. The third kappa shape index (κ3) is 1.65. The van der Waals surface area contributed by atoms with Gasteiger partial charge in [-0.05, 0) is 25.0 Å². The summed E-state index contributed by atoms with van der Waals surface area (Å²) in [7, 11) is 1.36. The van der Waals surface area contributed by atoms with Crippen molar-refractivity contribution in [1.29, 1.82) is 0 Å². The number of pyridine rings is 1. The van der Waals surface area contributed by atoms with Gasteiger partial charge >= 0.3 is 5.97 Å². The minimum absolute atomic E-state index is 0.0918. The van der Waals surface area contributed by atoms with Crippen molar-refractivity contribution in [3.8, 4) is 0 Å². The monoisotopic (exact) mass is 247 g/mol. The molecule has 1 atom stereocenters. The van der Waals surface area contributed by atoms with Gasteiger partial charge in [0, 0.05) is 6.61 Å². The quantitative estimate of drug-likeness (QED) is 0.750. The van der Waals surface area contributed by atoms with E-state index in [4.69, 9.17) is 9.47 Å². The lowest BCUT2D eigenvalue weighted by molar-refractivity contribution is 0.0589. The lowest BCUT2D eigenvalue weighted by Gasteiger charge is -2.09. The highest BCUT2D eigenvalue weighted by molar-refractivity contribution is 5.88. The van der Waals surface area contributed by atoms with E-state index in [-0.39, 0.29) is 6.10 Å². The summed E-state index contributed by atoms with van der Waals surface area (Å²) in [5, 5.41) is 8.20. The minimum Gasteiger partial charge on any atom is -0.464 e. The first kappa shape index (κ1) is 11.2. The lowest BCUT2D eigenvalue weighted by Crippen LogP contribution is -2.12. The summed E-state index contributed by atoms with van der Waals surface area (Å²) in [6.07, 6.45) is 1.81. The molecule has 6 heteroatoms. The molecule has 1 aliphatic heterocycles. The molecule has 6 nitrogen and oxygen atoms in total. The Labute approximate surface area is 104 Å². The highest BCUT2D eigenvalue weighted by Gasteiger charge is 2.25. The van der Waals surface area contributed by atoms with Crippen molar-refractivity contribution in [1.82, 2.24) is 14.6 Å². The van der Waals surface area contributed by atoms with Gasteiger partial charge in [0.15, 0.2) is 11.5 Å². The van der Waals surface area contributed by atoms with Gasteiger partial charge in [0.1, 0.15) is 11.8 Å². The third-order valence-electron chi connectivity index (χ3n) is 3.07. The molecule has 0 radical (unpaired) electrons. The van der Waals surface area contributed by atoms with Crippen molar-refractivity contribution in [2.45, 2.75) is 18.9 Å². The van der Waals surface area contributed by atoms with Crippen LogP contribution < -0.4 is 0 Å². The van der Waals surface area contributed by atoms with Crippen molar-refractivity contribution < 1.29 is 14.3 Å². The number of carbonyl (C=O) groups excluding carboxylic acids is 1. The molecule has 0 N–H and O–H groups in total. The van der Waals surface area contributed by atoms with Crippen LogP contribution in [-0.2, 0) is 9.47 Å². The zero-order valence-electron chi connectivity index (χ0n) is 10.00. The first-order valence-corrected chi connectivity index (χ1v) is 5.85. The fraction of sp³-hybridized carbons (Fsp3) is 0.417. The van der Waals surface area contributed by atoms with Crippen molar-refractivity contribution in [2.75, 3.05) is 13.7 Å². The van der Waals surface area contributed by atoms with Crippen LogP contribution in [0.15, 0.2) is 18.2 Å². The molecule has 2 aromatic rings. The average molecular weight is 247 g/mol. The van der Waals surface area contributed by atoms with Crippen LogP contribution in [0.25, 0.3) is 5.65 Å². The number of rotatable bonds is 2. The first-order valence-electron chi connectivity index (χ1n) is 5.85. The molecule has 94 valence electrons. The number of methoxy groups -OCH3 is 1. The number of nitrogens with zero attached hydrogens (tertiary/aromatic N) is 3. The van der Waals surface area contributed by atoms with E-state index in [0.717, 1.165) is 19.4 Å². The molecule has 1 saturated heterocycles. The van der Waals surface area contributed by atoms with E-state index >= 15 is 0 Å². The molecular weight excluding hydrogens is 234 g/mol. The maximum atomic E-state index is 11.8. The van der Waals surface area contributed by atoms with Crippen LogP contribution in [0.2, 0.25) is 0 Å². The zero-order valence-corrected chi connectivity index (χ0v) is 10.00. The van der Waals surface area contributed by atoms with Crippen LogP contribution in [0, 0.1) is 0 Å². The predicted octanol–water partition coefficient (Wildman–Crippen LogP) is 1.37. The van der Waals surface area contributed by atoms with Crippen LogP contribution in [0.3, 0.4) is 0 Å². The number of aromatic nitrogens is 3. The van der Waals surface area contributed by atoms with Crippen LogP contribution in [0.5, 0.6) is 0 Å². The van der Waals surface area contributed by atoms with E-state index in [2.05, 4.69) is 10.2 Å². The number of fused-ring (bicyclic) bond motifs is 1. The standard InChI is InChI=1S/C12H13N3O3/c1-17-12(16)8-4-2-6-10-13-14-11(15(8)10)9-5-3-7-18-9/h2,4,6,9H,3,5,7H2,1H3.